The molecule has 11 heteroatoms. The van der Waals surface area contributed by atoms with E-state index in [2.05, 4.69) is 40.8 Å². The molecular weight excluding hydrogens is 414 g/mol. The fourth-order valence-corrected chi connectivity index (χ4v) is 4.44. The van der Waals surface area contributed by atoms with Crippen LogP contribution in [0.2, 0.25) is 0 Å². The fourth-order valence-electron chi connectivity index (χ4n) is 3.47. The fraction of sp³-hybridized carbons (Fsp3) is 0.350. The molecule has 5 heterocycles. The Labute approximate surface area is 183 Å². The second-order valence-corrected chi connectivity index (χ2v) is 8.28. The van der Waals surface area contributed by atoms with E-state index in [0.717, 1.165) is 43.1 Å². The first kappa shape index (κ1) is 19.5. The van der Waals surface area contributed by atoms with Crippen molar-refractivity contribution >= 4 is 17.3 Å². The van der Waals surface area contributed by atoms with E-state index in [-0.39, 0.29) is 0 Å². The SMILES string of the molecule is Cc1cnc(N2CCC(c3nc(COc4ccc(-n5cnnn5)nc4)cs3)CC2)nc1. The molecule has 0 unspecified atom stereocenters. The molecule has 10 nitrogen and oxygen atoms in total. The molecule has 31 heavy (non-hydrogen) atoms. The summed E-state index contributed by atoms with van der Waals surface area (Å²) < 4.78 is 7.34. The van der Waals surface area contributed by atoms with Gasteiger partial charge in [-0.1, -0.05) is 0 Å². The van der Waals surface area contributed by atoms with Crippen molar-refractivity contribution in [3.05, 3.63) is 58.7 Å². The van der Waals surface area contributed by atoms with Gasteiger partial charge in [-0.15, -0.1) is 16.4 Å². The van der Waals surface area contributed by atoms with E-state index in [0.29, 0.717) is 24.1 Å². The lowest BCUT2D eigenvalue weighted by molar-refractivity contribution is 0.300. The van der Waals surface area contributed by atoms with Gasteiger partial charge in [-0.2, -0.15) is 4.68 Å². The van der Waals surface area contributed by atoms with Gasteiger partial charge in [0.05, 0.1) is 16.9 Å². The summed E-state index contributed by atoms with van der Waals surface area (Å²) in [6.07, 6.45) is 9.00. The summed E-state index contributed by atoms with van der Waals surface area (Å²) in [4.78, 5) is 20.3. The number of hydrogen-bond acceptors (Lipinski definition) is 10. The van der Waals surface area contributed by atoms with Gasteiger partial charge in [-0.05, 0) is 47.9 Å². The van der Waals surface area contributed by atoms with Crippen molar-refractivity contribution in [2.24, 2.45) is 0 Å². The van der Waals surface area contributed by atoms with Crippen LogP contribution < -0.4 is 9.64 Å². The summed E-state index contributed by atoms with van der Waals surface area (Å²) >= 11 is 1.71. The molecule has 1 fully saturated rings. The lowest BCUT2D eigenvalue weighted by atomic mass is 9.98. The summed E-state index contributed by atoms with van der Waals surface area (Å²) in [5.74, 6) is 2.60. The van der Waals surface area contributed by atoms with Gasteiger partial charge in [0.15, 0.2) is 5.82 Å². The topological polar surface area (TPSA) is 108 Å². The van der Waals surface area contributed by atoms with Crippen molar-refractivity contribution < 1.29 is 4.74 Å². The molecule has 1 aliphatic heterocycles. The second kappa shape index (κ2) is 8.72. The van der Waals surface area contributed by atoms with Gasteiger partial charge >= 0.3 is 0 Å². The molecule has 1 saturated heterocycles. The largest absolute Gasteiger partial charge is 0.486 e. The number of aryl methyl sites for hydroxylation is 1. The highest BCUT2D eigenvalue weighted by Gasteiger charge is 2.24. The van der Waals surface area contributed by atoms with Crippen LogP contribution >= 0.6 is 11.3 Å². The van der Waals surface area contributed by atoms with Crippen LogP contribution in [0.3, 0.4) is 0 Å². The number of thiazole rings is 1. The second-order valence-electron chi connectivity index (χ2n) is 7.39. The Morgan fingerprint density at radius 2 is 1.94 bits per heavy atom. The molecule has 0 bridgehead atoms. The number of rotatable bonds is 6. The molecule has 5 rings (SSSR count). The van der Waals surface area contributed by atoms with Crippen LogP contribution in [-0.4, -0.2) is 53.2 Å². The normalized spacial score (nSPS) is 14.7. The van der Waals surface area contributed by atoms with Crippen LogP contribution in [0, 0.1) is 6.92 Å². The van der Waals surface area contributed by atoms with Gasteiger partial charge in [0.2, 0.25) is 5.95 Å². The Hall–Kier alpha value is -3.47. The minimum atomic E-state index is 0.415. The maximum Gasteiger partial charge on any atom is 0.225 e. The van der Waals surface area contributed by atoms with Crippen molar-refractivity contribution in [3.8, 4) is 11.6 Å². The number of tetrazole rings is 1. The maximum atomic E-state index is 5.85. The van der Waals surface area contributed by atoms with Gasteiger partial charge in [0.25, 0.3) is 0 Å². The predicted molar refractivity (Wildman–Crippen MR) is 114 cm³/mol. The van der Waals surface area contributed by atoms with Crippen molar-refractivity contribution in [3.63, 3.8) is 0 Å². The highest BCUT2D eigenvalue weighted by Crippen LogP contribution is 2.31. The molecule has 0 atom stereocenters. The van der Waals surface area contributed by atoms with Crippen LogP contribution in [-0.2, 0) is 6.61 Å². The molecule has 4 aromatic heterocycles. The Balaban J connectivity index is 1.14. The number of ether oxygens (including phenoxy) is 1. The third-order valence-electron chi connectivity index (χ3n) is 5.16. The smallest absolute Gasteiger partial charge is 0.225 e. The lowest BCUT2D eigenvalue weighted by Gasteiger charge is -2.31. The van der Waals surface area contributed by atoms with Gasteiger partial charge in [-0.25, -0.2) is 19.9 Å². The molecule has 4 aromatic rings. The summed E-state index contributed by atoms with van der Waals surface area (Å²) in [5, 5.41) is 14.3. The van der Waals surface area contributed by atoms with E-state index in [1.165, 1.54) is 16.0 Å². The Morgan fingerprint density at radius 3 is 2.65 bits per heavy atom. The summed E-state index contributed by atoms with van der Waals surface area (Å²) in [7, 11) is 0. The average molecular weight is 436 g/mol. The average Bonchev–Trinajstić information content (AvgIpc) is 3.51. The first-order valence-electron chi connectivity index (χ1n) is 10.0. The third kappa shape index (κ3) is 4.50. The zero-order valence-corrected chi connectivity index (χ0v) is 17.8. The number of hydrogen-bond donors (Lipinski definition) is 0. The van der Waals surface area contributed by atoms with E-state index < -0.39 is 0 Å². The van der Waals surface area contributed by atoms with E-state index in [1.807, 2.05) is 31.5 Å². The quantitative estimate of drug-likeness (QED) is 0.451. The van der Waals surface area contributed by atoms with Crippen molar-refractivity contribution in [2.75, 3.05) is 18.0 Å². The Bertz CT molecular complexity index is 1100. The number of nitrogens with zero attached hydrogens (tertiary/aromatic N) is 9. The maximum absolute atomic E-state index is 5.85. The lowest BCUT2D eigenvalue weighted by Crippen LogP contribution is -2.34. The Kier molecular flexibility index (Phi) is 5.48. The molecule has 0 spiro atoms. The van der Waals surface area contributed by atoms with Crippen molar-refractivity contribution in [1.82, 2.24) is 40.1 Å². The first-order valence-corrected chi connectivity index (χ1v) is 10.9. The zero-order chi connectivity index (χ0) is 21.0. The molecule has 0 saturated carbocycles. The van der Waals surface area contributed by atoms with Crippen molar-refractivity contribution in [2.45, 2.75) is 32.3 Å². The number of anilines is 1. The van der Waals surface area contributed by atoms with E-state index >= 15 is 0 Å². The molecule has 1 aliphatic rings. The minimum Gasteiger partial charge on any atom is -0.486 e. The monoisotopic (exact) mass is 435 g/mol. The molecular formula is C20H21N9OS. The van der Waals surface area contributed by atoms with Crippen LogP contribution in [0.25, 0.3) is 5.82 Å². The van der Waals surface area contributed by atoms with Crippen LogP contribution in [0.15, 0.2) is 42.4 Å². The molecule has 0 N–H and O–H groups in total. The summed E-state index contributed by atoms with van der Waals surface area (Å²) in [6.45, 7) is 4.30. The van der Waals surface area contributed by atoms with Crippen LogP contribution in [0.1, 0.15) is 35.0 Å². The first-order chi connectivity index (χ1) is 15.2. The molecule has 158 valence electrons. The molecule has 0 radical (unpaired) electrons. The zero-order valence-electron chi connectivity index (χ0n) is 17.0. The van der Waals surface area contributed by atoms with Gasteiger partial charge < -0.3 is 9.64 Å². The Morgan fingerprint density at radius 1 is 1.10 bits per heavy atom. The minimum absolute atomic E-state index is 0.415. The standard InChI is InChI=1S/C20H21N9OS/c1-14-8-22-20(23-9-14)28-6-4-15(5-7-28)19-25-16(12-31-19)11-30-17-2-3-18(21-10-17)29-13-24-26-27-29/h2-3,8-10,12-13,15H,4-7,11H2,1H3. The number of aromatic nitrogens is 8. The molecule has 0 aromatic carbocycles. The van der Waals surface area contributed by atoms with Gasteiger partial charge in [0.1, 0.15) is 18.7 Å². The number of piperidine rings is 1. The third-order valence-corrected chi connectivity index (χ3v) is 6.21. The highest BCUT2D eigenvalue weighted by molar-refractivity contribution is 7.09. The summed E-state index contributed by atoms with van der Waals surface area (Å²) in [6, 6.07) is 3.66. The van der Waals surface area contributed by atoms with Gasteiger partial charge in [-0.3, -0.25) is 0 Å². The van der Waals surface area contributed by atoms with Gasteiger partial charge in [0, 0.05) is 36.8 Å². The summed E-state index contributed by atoms with van der Waals surface area (Å²) in [5.41, 5.74) is 2.02. The predicted octanol–water partition coefficient (Wildman–Crippen LogP) is 2.58. The van der Waals surface area contributed by atoms with E-state index in [4.69, 9.17) is 9.72 Å². The van der Waals surface area contributed by atoms with Crippen LogP contribution in [0.4, 0.5) is 5.95 Å². The van der Waals surface area contributed by atoms with Crippen molar-refractivity contribution in [1.29, 1.82) is 0 Å². The van der Waals surface area contributed by atoms with E-state index in [1.54, 1.807) is 17.5 Å². The van der Waals surface area contributed by atoms with Crippen LogP contribution in [0.5, 0.6) is 5.75 Å². The van der Waals surface area contributed by atoms with E-state index in [9.17, 15) is 0 Å². The molecule has 0 aliphatic carbocycles. The molecule has 0 amide bonds. The number of pyridine rings is 1. The highest BCUT2D eigenvalue weighted by atomic mass is 32.1.